The Labute approximate surface area is 112 Å². The van der Waals surface area contributed by atoms with Gasteiger partial charge in [0.1, 0.15) is 5.82 Å². The number of carbonyl (C=O) groups is 1. The van der Waals surface area contributed by atoms with E-state index in [1.54, 1.807) is 12.1 Å². The first-order valence-corrected chi connectivity index (χ1v) is 6.86. The smallest absolute Gasteiger partial charge is 0.161 e. The lowest BCUT2D eigenvalue weighted by Gasteiger charge is -2.26. The van der Waals surface area contributed by atoms with Crippen molar-refractivity contribution in [1.82, 2.24) is 0 Å². The van der Waals surface area contributed by atoms with Crippen molar-refractivity contribution in [1.29, 1.82) is 0 Å². The Balaban J connectivity index is 2.07. The number of rotatable bonds is 3. The van der Waals surface area contributed by atoms with Crippen LogP contribution in [-0.2, 0) is 9.53 Å². The van der Waals surface area contributed by atoms with Crippen LogP contribution in [0, 0.1) is 5.82 Å². The summed E-state index contributed by atoms with van der Waals surface area (Å²) in [5, 5.41) is 0. The summed E-state index contributed by atoms with van der Waals surface area (Å²) < 4.78 is 18.9. The third-order valence-electron chi connectivity index (χ3n) is 4.00. The van der Waals surface area contributed by atoms with Crippen LogP contribution in [0.2, 0.25) is 0 Å². The Morgan fingerprint density at radius 3 is 2.74 bits per heavy atom. The third-order valence-corrected chi connectivity index (χ3v) is 4.00. The summed E-state index contributed by atoms with van der Waals surface area (Å²) in [5.41, 5.74) is 2.84. The molecule has 0 amide bonds. The normalized spacial score (nSPS) is 25.8. The molecule has 1 fully saturated rings. The molecule has 0 radical (unpaired) electrons. The van der Waals surface area contributed by atoms with Crippen molar-refractivity contribution in [3.8, 4) is 0 Å². The lowest BCUT2D eigenvalue weighted by atomic mass is 9.89. The van der Waals surface area contributed by atoms with E-state index in [2.05, 4.69) is 0 Å². The van der Waals surface area contributed by atoms with Crippen molar-refractivity contribution in [2.24, 2.45) is 0 Å². The third kappa shape index (κ3) is 2.23. The highest BCUT2D eigenvalue weighted by Crippen LogP contribution is 2.41. The molecule has 2 bridgehead atoms. The number of ether oxygens (including phenoxy) is 1. The Kier molecular flexibility index (Phi) is 3.23. The van der Waals surface area contributed by atoms with Crippen LogP contribution in [0.4, 0.5) is 4.39 Å². The Morgan fingerprint density at radius 1 is 1.32 bits per heavy atom. The molecule has 2 aliphatic rings. The van der Waals surface area contributed by atoms with Gasteiger partial charge in [-0.05, 0) is 42.5 Å². The second kappa shape index (κ2) is 4.89. The minimum absolute atomic E-state index is 0.0498. The highest BCUT2D eigenvalue weighted by molar-refractivity contribution is 6.04. The fourth-order valence-electron chi connectivity index (χ4n) is 3.06. The van der Waals surface area contributed by atoms with E-state index in [1.165, 1.54) is 12.1 Å². The monoisotopic (exact) mass is 260 g/mol. The van der Waals surface area contributed by atoms with Gasteiger partial charge >= 0.3 is 0 Å². The SMILES string of the molecule is CCC(=O)C1=C(c2ccc(F)cc2)CC2CC[C@H]1O2. The quantitative estimate of drug-likeness (QED) is 0.831. The topological polar surface area (TPSA) is 26.3 Å². The van der Waals surface area contributed by atoms with E-state index in [1.807, 2.05) is 6.92 Å². The maximum absolute atomic E-state index is 13.0. The summed E-state index contributed by atoms with van der Waals surface area (Å²) >= 11 is 0. The maximum atomic E-state index is 13.0. The van der Waals surface area contributed by atoms with Crippen molar-refractivity contribution in [3.63, 3.8) is 0 Å². The minimum atomic E-state index is -0.247. The maximum Gasteiger partial charge on any atom is 0.161 e. The Morgan fingerprint density at radius 2 is 2.05 bits per heavy atom. The lowest BCUT2D eigenvalue weighted by molar-refractivity contribution is -0.116. The van der Waals surface area contributed by atoms with Crippen molar-refractivity contribution >= 4 is 11.4 Å². The molecule has 0 aliphatic carbocycles. The number of benzene rings is 1. The predicted molar refractivity (Wildman–Crippen MR) is 71.1 cm³/mol. The van der Waals surface area contributed by atoms with Crippen LogP contribution in [-0.4, -0.2) is 18.0 Å². The van der Waals surface area contributed by atoms with Crippen molar-refractivity contribution in [2.45, 2.75) is 44.8 Å². The number of halogens is 1. The van der Waals surface area contributed by atoms with E-state index < -0.39 is 0 Å². The molecule has 0 spiro atoms. The highest BCUT2D eigenvalue weighted by Gasteiger charge is 2.38. The number of Topliss-reactive ketones (excluding diaryl/α,β-unsaturated/α-hetero) is 1. The van der Waals surface area contributed by atoms with Gasteiger partial charge in [0.2, 0.25) is 0 Å². The van der Waals surface area contributed by atoms with Gasteiger partial charge in [0.15, 0.2) is 5.78 Å². The van der Waals surface area contributed by atoms with Crippen molar-refractivity contribution in [2.75, 3.05) is 0 Å². The molecule has 1 aromatic rings. The molecule has 1 unspecified atom stereocenters. The largest absolute Gasteiger partial charge is 0.370 e. The Bertz CT molecular complexity index is 530. The molecule has 3 rings (SSSR count). The van der Waals surface area contributed by atoms with E-state index in [-0.39, 0.29) is 23.8 Å². The van der Waals surface area contributed by atoms with Crippen LogP contribution in [0.5, 0.6) is 0 Å². The average molecular weight is 260 g/mol. The first-order chi connectivity index (χ1) is 9.19. The molecule has 2 heterocycles. The standard InChI is InChI=1S/C16H17FO2/c1-2-14(18)16-13(9-12-7-8-15(16)19-12)10-3-5-11(17)6-4-10/h3-6,12,15H,2,7-9H2,1H3/t12?,15-/m1/s1. The summed E-state index contributed by atoms with van der Waals surface area (Å²) in [7, 11) is 0. The number of ketones is 1. The van der Waals surface area contributed by atoms with Crippen molar-refractivity contribution < 1.29 is 13.9 Å². The molecule has 19 heavy (non-hydrogen) atoms. The summed E-state index contributed by atoms with van der Waals surface area (Å²) in [6, 6.07) is 6.43. The van der Waals surface area contributed by atoms with Gasteiger partial charge in [-0.2, -0.15) is 0 Å². The lowest BCUT2D eigenvalue weighted by Crippen LogP contribution is -2.25. The number of fused-ring (bicyclic) bond motifs is 2. The zero-order chi connectivity index (χ0) is 13.4. The second-order valence-corrected chi connectivity index (χ2v) is 5.20. The Hall–Kier alpha value is -1.48. The molecule has 0 N–H and O–H groups in total. The van der Waals surface area contributed by atoms with E-state index in [0.717, 1.165) is 36.0 Å². The molecule has 3 heteroatoms. The van der Waals surface area contributed by atoms with Crippen LogP contribution in [0.1, 0.15) is 38.2 Å². The summed E-state index contributed by atoms with van der Waals surface area (Å²) in [6.45, 7) is 1.87. The van der Waals surface area contributed by atoms with Crippen molar-refractivity contribution in [3.05, 3.63) is 41.2 Å². The number of hydrogen-bond donors (Lipinski definition) is 0. The van der Waals surface area contributed by atoms with Crippen LogP contribution < -0.4 is 0 Å². The summed E-state index contributed by atoms with van der Waals surface area (Å²) in [4.78, 5) is 12.2. The minimum Gasteiger partial charge on any atom is -0.370 e. The van der Waals surface area contributed by atoms with E-state index >= 15 is 0 Å². The molecule has 0 saturated carbocycles. The molecular weight excluding hydrogens is 243 g/mol. The fraction of sp³-hybridized carbons (Fsp3) is 0.438. The van der Waals surface area contributed by atoms with Gasteiger partial charge in [0, 0.05) is 12.0 Å². The van der Waals surface area contributed by atoms with Gasteiger partial charge in [0.05, 0.1) is 12.2 Å². The molecule has 2 nitrogen and oxygen atoms in total. The van der Waals surface area contributed by atoms with Gasteiger partial charge in [-0.15, -0.1) is 0 Å². The van der Waals surface area contributed by atoms with Crippen LogP contribution in [0.3, 0.4) is 0 Å². The van der Waals surface area contributed by atoms with Crippen LogP contribution >= 0.6 is 0 Å². The molecule has 100 valence electrons. The molecule has 0 aromatic heterocycles. The molecule has 2 aliphatic heterocycles. The van der Waals surface area contributed by atoms with Gasteiger partial charge in [0.25, 0.3) is 0 Å². The van der Waals surface area contributed by atoms with E-state index in [9.17, 15) is 9.18 Å². The summed E-state index contributed by atoms with van der Waals surface area (Å²) in [6.07, 6.45) is 3.37. The zero-order valence-electron chi connectivity index (χ0n) is 11.0. The van der Waals surface area contributed by atoms with E-state index in [0.29, 0.717) is 6.42 Å². The number of carbonyl (C=O) groups excluding carboxylic acids is 1. The molecular formula is C16H17FO2. The van der Waals surface area contributed by atoms with Gasteiger partial charge in [-0.3, -0.25) is 4.79 Å². The molecule has 1 aromatic carbocycles. The van der Waals surface area contributed by atoms with Gasteiger partial charge in [-0.1, -0.05) is 19.1 Å². The van der Waals surface area contributed by atoms with Crippen LogP contribution in [0.15, 0.2) is 29.8 Å². The average Bonchev–Trinajstić information content (AvgIpc) is 2.80. The fourth-order valence-corrected chi connectivity index (χ4v) is 3.06. The van der Waals surface area contributed by atoms with Gasteiger partial charge in [-0.25, -0.2) is 4.39 Å². The first kappa shape index (κ1) is 12.5. The first-order valence-electron chi connectivity index (χ1n) is 6.86. The predicted octanol–water partition coefficient (Wildman–Crippen LogP) is 3.51. The zero-order valence-corrected chi connectivity index (χ0v) is 11.0. The molecule has 1 saturated heterocycles. The van der Waals surface area contributed by atoms with Gasteiger partial charge < -0.3 is 4.74 Å². The highest BCUT2D eigenvalue weighted by atomic mass is 19.1. The number of hydrogen-bond acceptors (Lipinski definition) is 2. The second-order valence-electron chi connectivity index (χ2n) is 5.20. The van der Waals surface area contributed by atoms with Crippen LogP contribution in [0.25, 0.3) is 5.57 Å². The summed E-state index contributed by atoms with van der Waals surface area (Å²) in [5.74, 6) is -0.0903. The van der Waals surface area contributed by atoms with E-state index in [4.69, 9.17) is 4.74 Å². The molecule has 2 atom stereocenters.